The van der Waals surface area contributed by atoms with Gasteiger partial charge in [-0.3, -0.25) is 9.59 Å². The van der Waals surface area contributed by atoms with Gasteiger partial charge in [-0.2, -0.15) is 0 Å². The van der Waals surface area contributed by atoms with Crippen molar-refractivity contribution in [2.75, 3.05) is 57.7 Å². The second kappa shape index (κ2) is 12.3. The minimum absolute atomic E-state index is 0.0555. The highest BCUT2D eigenvalue weighted by Gasteiger charge is 2.31. The zero-order valence-electron chi connectivity index (χ0n) is 24.1. The van der Waals surface area contributed by atoms with Crippen LogP contribution in [0.2, 0.25) is 0 Å². The number of likely N-dealkylation sites (tertiary alicyclic amines) is 4. The molecule has 4 aliphatic rings. The molecule has 7 heteroatoms. The van der Waals surface area contributed by atoms with Gasteiger partial charge in [0, 0.05) is 49.5 Å². The van der Waals surface area contributed by atoms with E-state index < -0.39 is 0 Å². The summed E-state index contributed by atoms with van der Waals surface area (Å²) < 4.78 is 0. The molecule has 0 spiro atoms. The largest absolute Gasteiger partial charge is 0.355 e. The average molecular weight is 544 g/mol. The fourth-order valence-electron chi connectivity index (χ4n) is 7.19. The first-order valence-electron chi connectivity index (χ1n) is 15.6. The molecule has 7 nitrogen and oxygen atoms in total. The van der Waals surface area contributed by atoms with E-state index in [1.165, 1.54) is 57.4 Å². The number of carbonyl (C=O) groups is 2. The number of benzene rings is 2. The standard InChI is InChI=1S/C33H45N5O2/c1-25-6-9-27(10-7-25)34-31-24-26(32(39)37-20-12-28(13-21-37)35-16-2-3-17-35)8-11-30(31)33(40)38-22-14-29(15-23-38)36-18-4-5-19-36/h6-11,24,28-29,34H,2-5,12-23H2,1H3. The van der Waals surface area contributed by atoms with Gasteiger partial charge in [0.1, 0.15) is 0 Å². The molecule has 0 bridgehead atoms. The molecule has 2 amide bonds. The van der Waals surface area contributed by atoms with Crippen LogP contribution in [0.4, 0.5) is 11.4 Å². The number of nitrogens with one attached hydrogen (secondary N) is 1. The predicted octanol–water partition coefficient (Wildman–Crippen LogP) is 5.14. The molecule has 4 saturated heterocycles. The molecule has 0 radical (unpaired) electrons. The molecule has 0 aliphatic carbocycles. The molecule has 0 atom stereocenters. The third-order valence-electron chi connectivity index (χ3n) is 9.64. The number of hydrogen-bond acceptors (Lipinski definition) is 5. The average Bonchev–Trinajstić information content (AvgIpc) is 3.73. The van der Waals surface area contributed by atoms with E-state index >= 15 is 0 Å². The van der Waals surface area contributed by atoms with E-state index in [2.05, 4.69) is 34.2 Å². The van der Waals surface area contributed by atoms with Gasteiger partial charge < -0.3 is 24.9 Å². The highest BCUT2D eigenvalue weighted by Crippen LogP contribution is 2.29. The Morgan fingerprint density at radius 2 is 1.15 bits per heavy atom. The van der Waals surface area contributed by atoms with Crippen molar-refractivity contribution < 1.29 is 9.59 Å². The monoisotopic (exact) mass is 543 g/mol. The lowest BCUT2D eigenvalue weighted by molar-refractivity contribution is 0.0633. The van der Waals surface area contributed by atoms with Crippen LogP contribution in [0.15, 0.2) is 42.5 Å². The molecule has 214 valence electrons. The number of nitrogens with zero attached hydrogens (tertiary/aromatic N) is 4. The Morgan fingerprint density at radius 3 is 1.68 bits per heavy atom. The maximum Gasteiger partial charge on any atom is 0.255 e. The van der Waals surface area contributed by atoms with E-state index in [1.54, 1.807) is 0 Å². The van der Waals surface area contributed by atoms with Gasteiger partial charge in [0.2, 0.25) is 0 Å². The normalized spacial score (nSPS) is 21.7. The number of carbonyl (C=O) groups excluding carboxylic acids is 2. The first kappa shape index (κ1) is 27.3. The number of aryl methyl sites for hydroxylation is 1. The Labute approximate surface area is 239 Å². The van der Waals surface area contributed by atoms with Gasteiger partial charge >= 0.3 is 0 Å². The Balaban J connectivity index is 1.17. The Hall–Kier alpha value is -2.90. The summed E-state index contributed by atoms with van der Waals surface area (Å²) in [5, 5.41) is 3.48. The zero-order chi connectivity index (χ0) is 27.5. The Morgan fingerprint density at radius 1 is 0.650 bits per heavy atom. The van der Waals surface area contributed by atoms with E-state index in [0.29, 0.717) is 28.9 Å². The van der Waals surface area contributed by atoms with Crippen molar-refractivity contribution in [3.63, 3.8) is 0 Å². The zero-order valence-corrected chi connectivity index (χ0v) is 24.1. The van der Waals surface area contributed by atoms with E-state index in [0.717, 1.165) is 57.5 Å². The first-order valence-corrected chi connectivity index (χ1v) is 15.6. The number of hydrogen-bond donors (Lipinski definition) is 1. The van der Waals surface area contributed by atoms with Crippen molar-refractivity contribution in [3.8, 4) is 0 Å². The molecule has 4 aliphatic heterocycles. The molecular weight excluding hydrogens is 498 g/mol. The summed E-state index contributed by atoms with van der Waals surface area (Å²) >= 11 is 0. The van der Waals surface area contributed by atoms with Crippen molar-refractivity contribution in [1.82, 2.24) is 19.6 Å². The fourth-order valence-corrected chi connectivity index (χ4v) is 7.19. The first-order chi connectivity index (χ1) is 19.5. The van der Waals surface area contributed by atoms with Crippen LogP contribution in [0.1, 0.15) is 77.6 Å². The van der Waals surface area contributed by atoms with E-state index in [4.69, 9.17) is 0 Å². The second-order valence-corrected chi connectivity index (χ2v) is 12.3. The molecule has 2 aromatic rings. The van der Waals surface area contributed by atoms with Gasteiger partial charge in [-0.15, -0.1) is 0 Å². The van der Waals surface area contributed by atoms with Crippen LogP contribution in [-0.4, -0.2) is 95.9 Å². The van der Waals surface area contributed by atoms with Gasteiger partial charge in [0.05, 0.1) is 11.3 Å². The summed E-state index contributed by atoms with van der Waals surface area (Å²) in [7, 11) is 0. The molecule has 1 N–H and O–H groups in total. The molecular formula is C33H45N5O2. The molecule has 0 unspecified atom stereocenters. The predicted molar refractivity (Wildman–Crippen MR) is 160 cm³/mol. The fraction of sp³-hybridized carbons (Fsp3) is 0.576. The van der Waals surface area contributed by atoms with Crippen molar-refractivity contribution in [1.29, 1.82) is 0 Å². The third kappa shape index (κ3) is 6.06. The molecule has 0 aromatic heterocycles. The van der Waals surface area contributed by atoms with Crippen LogP contribution in [0.3, 0.4) is 0 Å². The van der Waals surface area contributed by atoms with Crippen molar-refractivity contribution in [2.45, 2.75) is 70.4 Å². The molecule has 6 rings (SSSR count). The van der Waals surface area contributed by atoms with Crippen molar-refractivity contribution >= 4 is 23.2 Å². The summed E-state index contributed by atoms with van der Waals surface area (Å²) in [6.45, 7) is 10.1. The summed E-state index contributed by atoms with van der Waals surface area (Å²) in [5.74, 6) is 0.122. The highest BCUT2D eigenvalue weighted by atomic mass is 16.2. The minimum atomic E-state index is 0.0555. The topological polar surface area (TPSA) is 59.1 Å². The number of rotatable bonds is 6. The molecule has 40 heavy (non-hydrogen) atoms. The smallest absolute Gasteiger partial charge is 0.255 e. The van der Waals surface area contributed by atoms with E-state index in [-0.39, 0.29) is 11.8 Å². The van der Waals surface area contributed by atoms with E-state index in [1.807, 2.05) is 40.1 Å². The van der Waals surface area contributed by atoms with Crippen molar-refractivity contribution in [2.24, 2.45) is 0 Å². The quantitative estimate of drug-likeness (QED) is 0.547. The Kier molecular flexibility index (Phi) is 8.40. The van der Waals surface area contributed by atoms with Crippen LogP contribution in [0.5, 0.6) is 0 Å². The summed E-state index contributed by atoms with van der Waals surface area (Å²) in [6, 6.07) is 15.0. The van der Waals surface area contributed by atoms with Gasteiger partial charge in [-0.05, 0) is 115 Å². The summed E-state index contributed by atoms with van der Waals surface area (Å²) in [5.41, 5.74) is 4.11. The lowest BCUT2D eigenvalue weighted by Crippen LogP contribution is -2.46. The van der Waals surface area contributed by atoms with Crippen LogP contribution in [0, 0.1) is 6.92 Å². The van der Waals surface area contributed by atoms with Crippen LogP contribution in [-0.2, 0) is 0 Å². The van der Waals surface area contributed by atoms with Crippen LogP contribution >= 0.6 is 0 Å². The molecule has 2 aromatic carbocycles. The molecule has 4 heterocycles. The van der Waals surface area contributed by atoms with Crippen LogP contribution < -0.4 is 5.32 Å². The lowest BCUT2D eigenvalue weighted by Gasteiger charge is -2.37. The second-order valence-electron chi connectivity index (χ2n) is 12.3. The highest BCUT2D eigenvalue weighted by molar-refractivity contribution is 6.03. The third-order valence-corrected chi connectivity index (χ3v) is 9.64. The molecule has 0 saturated carbocycles. The van der Waals surface area contributed by atoms with Gasteiger partial charge in [-0.25, -0.2) is 0 Å². The Bertz CT molecular complexity index is 1170. The van der Waals surface area contributed by atoms with Crippen molar-refractivity contribution in [3.05, 3.63) is 59.2 Å². The molecule has 4 fully saturated rings. The van der Waals surface area contributed by atoms with Crippen LogP contribution in [0.25, 0.3) is 0 Å². The van der Waals surface area contributed by atoms with E-state index in [9.17, 15) is 9.59 Å². The SMILES string of the molecule is Cc1ccc(Nc2cc(C(=O)N3CCC(N4CCCC4)CC3)ccc2C(=O)N2CCC(N3CCCC3)CC2)cc1. The van der Waals surface area contributed by atoms with Gasteiger partial charge in [0.25, 0.3) is 11.8 Å². The number of piperidine rings is 2. The minimum Gasteiger partial charge on any atom is -0.355 e. The number of anilines is 2. The summed E-state index contributed by atoms with van der Waals surface area (Å²) in [4.78, 5) is 36.6. The van der Waals surface area contributed by atoms with Gasteiger partial charge in [0.15, 0.2) is 0 Å². The van der Waals surface area contributed by atoms with Gasteiger partial charge in [-0.1, -0.05) is 17.7 Å². The maximum atomic E-state index is 13.8. The maximum absolute atomic E-state index is 13.8. The lowest BCUT2D eigenvalue weighted by atomic mass is 10.00. The summed E-state index contributed by atoms with van der Waals surface area (Å²) in [6.07, 6.45) is 9.37. The number of amides is 2.